The fraction of sp³-hybridized carbons (Fsp3) is 0.217. The average Bonchev–Trinajstić information content (AvgIpc) is 3.04. The van der Waals surface area contributed by atoms with Crippen molar-refractivity contribution in [2.24, 2.45) is 5.92 Å². The lowest BCUT2D eigenvalue weighted by molar-refractivity contribution is -0.684. The quantitative estimate of drug-likeness (QED) is 0.342. The van der Waals surface area contributed by atoms with Gasteiger partial charge in [0.2, 0.25) is 35.1 Å². The first-order valence-corrected chi connectivity index (χ1v) is 10.3. The Labute approximate surface area is 177 Å². The van der Waals surface area contributed by atoms with Crippen LogP contribution in [0.4, 0.5) is 0 Å². The number of carbonyl (C=O) groups excluding carboxylic acids is 3. The molecule has 4 rings (SSSR count). The second kappa shape index (κ2) is 7.52. The minimum Gasteiger partial charge on any atom is -0.290 e. The molecule has 0 amide bonds. The fourth-order valence-corrected chi connectivity index (χ4v) is 3.96. The van der Waals surface area contributed by atoms with Crippen molar-refractivity contribution in [3.8, 4) is 0 Å². The molecule has 1 heterocycles. The van der Waals surface area contributed by atoms with Crippen LogP contribution < -0.4 is 4.57 Å². The number of hydrogen-bond acceptors (Lipinski definition) is 3. The molecule has 3 aromatic rings. The van der Waals surface area contributed by atoms with E-state index in [1.54, 1.807) is 47.3 Å². The maximum Gasteiger partial charge on any atom is 0.245 e. The number of imidazole rings is 1. The summed E-state index contributed by atoms with van der Waals surface area (Å²) in [6, 6.07) is 14.0. The van der Waals surface area contributed by atoms with Crippen LogP contribution in [0.2, 0.25) is 0 Å². The van der Waals surface area contributed by atoms with Gasteiger partial charge in [0.1, 0.15) is 0 Å². The number of aromatic nitrogens is 2. The third-order valence-corrected chi connectivity index (χ3v) is 5.49. The largest absolute Gasteiger partial charge is 0.290 e. The van der Waals surface area contributed by atoms with Gasteiger partial charge >= 0.3 is 0 Å². The molecule has 29 heavy (non-hydrogen) atoms. The summed E-state index contributed by atoms with van der Waals surface area (Å²) in [5.41, 5.74) is 2.02. The Morgan fingerprint density at radius 3 is 2.24 bits per heavy atom. The third kappa shape index (κ3) is 3.49. The minimum absolute atomic E-state index is 0.00372. The van der Waals surface area contributed by atoms with Crippen molar-refractivity contribution in [3.63, 3.8) is 0 Å². The SMILES string of the molecule is CC(C)Cn1c[n+](CC(=O)c2ccc(Br)cc2)c2c1C(=O)c1ccccc1C2=O. The van der Waals surface area contributed by atoms with Crippen molar-refractivity contribution in [1.29, 1.82) is 0 Å². The third-order valence-electron chi connectivity index (χ3n) is 4.97. The number of nitrogens with zero attached hydrogens (tertiary/aromatic N) is 2. The number of benzene rings is 2. The summed E-state index contributed by atoms with van der Waals surface area (Å²) < 4.78 is 4.32. The lowest BCUT2D eigenvalue weighted by Crippen LogP contribution is -2.43. The molecular weight excluding hydrogens is 432 g/mol. The van der Waals surface area contributed by atoms with Gasteiger partial charge in [0, 0.05) is 21.2 Å². The molecule has 0 radical (unpaired) electrons. The molecule has 0 aliphatic heterocycles. The van der Waals surface area contributed by atoms with Crippen molar-refractivity contribution in [2.45, 2.75) is 26.9 Å². The monoisotopic (exact) mass is 451 g/mol. The normalized spacial score (nSPS) is 12.8. The standard InChI is InChI=1S/C23H20BrN2O3/c1-14(2)11-25-13-26(12-19(27)15-7-9-16(24)10-8-15)21-20(25)22(28)17-5-3-4-6-18(17)23(21)29/h3-10,13-14H,11-12H2,1-2H3/q+1. The smallest absolute Gasteiger partial charge is 0.245 e. The highest BCUT2D eigenvalue weighted by atomic mass is 79.9. The van der Waals surface area contributed by atoms with Crippen molar-refractivity contribution >= 4 is 33.3 Å². The van der Waals surface area contributed by atoms with E-state index in [0.717, 1.165) is 4.47 Å². The number of carbonyl (C=O) groups is 3. The Morgan fingerprint density at radius 2 is 1.62 bits per heavy atom. The average molecular weight is 452 g/mol. The fourth-order valence-electron chi connectivity index (χ4n) is 3.70. The number of halogens is 1. The number of Topliss-reactive ketones (excluding diaryl/α,β-unsaturated/α-hetero) is 1. The van der Waals surface area contributed by atoms with Crippen LogP contribution in [0, 0.1) is 5.92 Å². The summed E-state index contributed by atoms with van der Waals surface area (Å²) >= 11 is 3.36. The molecule has 0 spiro atoms. The van der Waals surface area contributed by atoms with Crippen LogP contribution in [0.25, 0.3) is 0 Å². The topological polar surface area (TPSA) is 60.0 Å². The van der Waals surface area contributed by atoms with Gasteiger partial charge in [-0.05, 0) is 18.1 Å². The van der Waals surface area contributed by atoms with E-state index in [-0.39, 0.29) is 29.8 Å². The highest BCUT2D eigenvalue weighted by Crippen LogP contribution is 2.26. The van der Waals surface area contributed by atoms with Gasteiger partial charge < -0.3 is 0 Å². The first-order valence-electron chi connectivity index (χ1n) is 9.46. The van der Waals surface area contributed by atoms with E-state index < -0.39 is 0 Å². The molecule has 1 aliphatic carbocycles. The highest BCUT2D eigenvalue weighted by Gasteiger charge is 2.41. The van der Waals surface area contributed by atoms with Gasteiger partial charge in [0.05, 0.1) is 6.54 Å². The molecule has 5 nitrogen and oxygen atoms in total. The first-order chi connectivity index (χ1) is 13.9. The van der Waals surface area contributed by atoms with E-state index in [1.807, 2.05) is 30.5 Å². The molecule has 0 atom stereocenters. The summed E-state index contributed by atoms with van der Waals surface area (Å²) in [5, 5.41) is 0. The molecule has 0 fully saturated rings. The second-order valence-corrected chi connectivity index (χ2v) is 8.54. The molecule has 0 saturated heterocycles. The lowest BCUT2D eigenvalue weighted by Gasteiger charge is -2.13. The second-order valence-electron chi connectivity index (χ2n) is 7.62. The summed E-state index contributed by atoms with van der Waals surface area (Å²) in [6.07, 6.45) is 1.73. The Balaban J connectivity index is 1.80. The molecule has 0 N–H and O–H groups in total. The lowest BCUT2D eigenvalue weighted by atomic mass is 9.89. The van der Waals surface area contributed by atoms with Crippen LogP contribution in [0.5, 0.6) is 0 Å². The van der Waals surface area contributed by atoms with E-state index in [4.69, 9.17) is 0 Å². The number of ketones is 3. The van der Waals surface area contributed by atoms with Crippen LogP contribution in [-0.2, 0) is 13.1 Å². The van der Waals surface area contributed by atoms with Crippen molar-refractivity contribution in [3.05, 3.63) is 87.4 Å². The van der Waals surface area contributed by atoms with Gasteiger partial charge in [-0.25, -0.2) is 9.13 Å². The molecule has 0 saturated carbocycles. The molecular formula is C23H20BrN2O3+. The summed E-state index contributed by atoms with van der Waals surface area (Å²) in [6.45, 7) is 4.68. The first kappa shape index (κ1) is 19.5. The maximum absolute atomic E-state index is 13.2. The summed E-state index contributed by atoms with van der Waals surface area (Å²) in [4.78, 5) is 39.3. The Morgan fingerprint density at radius 1 is 1.00 bits per heavy atom. The van der Waals surface area contributed by atoms with Gasteiger partial charge in [-0.2, -0.15) is 0 Å². The number of hydrogen-bond donors (Lipinski definition) is 0. The van der Waals surface area contributed by atoms with E-state index in [2.05, 4.69) is 15.9 Å². The molecule has 0 bridgehead atoms. The van der Waals surface area contributed by atoms with Gasteiger partial charge in [-0.15, -0.1) is 0 Å². The zero-order valence-electron chi connectivity index (χ0n) is 16.2. The van der Waals surface area contributed by atoms with E-state index in [9.17, 15) is 14.4 Å². The van der Waals surface area contributed by atoms with Crippen molar-refractivity contribution in [2.75, 3.05) is 0 Å². The van der Waals surface area contributed by atoms with Gasteiger partial charge in [-0.3, -0.25) is 14.4 Å². The predicted octanol–water partition coefficient (Wildman–Crippen LogP) is 3.85. The number of rotatable bonds is 5. The van der Waals surface area contributed by atoms with Crippen LogP contribution >= 0.6 is 15.9 Å². The van der Waals surface area contributed by atoms with Crippen LogP contribution in [-0.4, -0.2) is 21.9 Å². The van der Waals surface area contributed by atoms with Crippen LogP contribution in [0.3, 0.4) is 0 Å². The maximum atomic E-state index is 13.2. The van der Waals surface area contributed by atoms with Gasteiger partial charge in [-0.1, -0.05) is 66.2 Å². The Kier molecular flexibility index (Phi) is 5.04. The summed E-state index contributed by atoms with van der Waals surface area (Å²) in [7, 11) is 0. The van der Waals surface area contributed by atoms with Crippen LogP contribution in [0.1, 0.15) is 56.3 Å². The van der Waals surface area contributed by atoms with Gasteiger partial charge in [0.15, 0.2) is 6.54 Å². The summed E-state index contributed by atoms with van der Waals surface area (Å²) in [5.74, 6) is -0.236. The zero-order chi connectivity index (χ0) is 20.7. The number of fused-ring (bicyclic) bond motifs is 2. The minimum atomic E-state index is -0.221. The highest BCUT2D eigenvalue weighted by molar-refractivity contribution is 9.10. The predicted molar refractivity (Wildman–Crippen MR) is 111 cm³/mol. The van der Waals surface area contributed by atoms with Crippen molar-refractivity contribution in [1.82, 2.24) is 4.57 Å². The molecule has 6 heteroatoms. The Hall–Kier alpha value is -2.86. The molecule has 0 unspecified atom stereocenters. The van der Waals surface area contributed by atoms with E-state index in [1.165, 1.54) is 0 Å². The molecule has 1 aromatic heterocycles. The zero-order valence-corrected chi connectivity index (χ0v) is 17.8. The van der Waals surface area contributed by atoms with Crippen LogP contribution in [0.15, 0.2) is 59.3 Å². The van der Waals surface area contributed by atoms with E-state index in [0.29, 0.717) is 34.6 Å². The Bertz CT molecular complexity index is 1140. The van der Waals surface area contributed by atoms with Gasteiger partial charge in [0.25, 0.3) is 0 Å². The van der Waals surface area contributed by atoms with E-state index >= 15 is 0 Å². The molecule has 1 aliphatic rings. The van der Waals surface area contributed by atoms with Crippen molar-refractivity contribution < 1.29 is 19.0 Å². The molecule has 2 aromatic carbocycles. The molecule has 146 valence electrons.